The van der Waals surface area contributed by atoms with Gasteiger partial charge in [-0.15, -0.1) is 11.3 Å². The molecule has 0 saturated carbocycles. The lowest BCUT2D eigenvalue weighted by molar-refractivity contribution is 0.0981. The molecule has 0 spiro atoms. The molecule has 0 fully saturated rings. The summed E-state index contributed by atoms with van der Waals surface area (Å²) in [6.45, 7) is 6.09. The zero-order chi connectivity index (χ0) is 9.14. The van der Waals surface area contributed by atoms with Crippen LogP contribution in [-0.4, -0.2) is 5.78 Å². The predicted octanol–water partition coefficient (Wildman–Crippen LogP) is 3.35. The largest absolute Gasteiger partial charge is 0.294 e. The van der Waals surface area contributed by atoms with Gasteiger partial charge in [0.2, 0.25) is 0 Å². The number of carbonyl (C=O) groups is 1. The summed E-state index contributed by atoms with van der Waals surface area (Å²) in [7, 11) is 0. The van der Waals surface area contributed by atoms with Crippen molar-refractivity contribution in [2.45, 2.75) is 33.6 Å². The van der Waals surface area contributed by atoms with Gasteiger partial charge in [-0.2, -0.15) is 0 Å². The van der Waals surface area contributed by atoms with Crippen molar-refractivity contribution >= 4 is 17.1 Å². The Balaban J connectivity index is 2.87. The van der Waals surface area contributed by atoms with Gasteiger partial charge < -0.3 is 0 Å². The molecule has 1 heterocycles. The molecule has 2 heteroatoms. The fraction of sp³-hybridized carbons (Fsp3) is 0.500. The second-order valence-corrected chi connectivity index (χ2v) is 4.46. The van der Waals surface area contributed by atoms with Crippen molar-refractivity contribution < 1.29 is 4.79 Å². The van der Waals surface area contributed by atoms with Crippen molar-refractivity contribution in [1.29, 1.82) is 0 Å². The molecule has 12 heavy (non-hydrogen) atoms. The molecule has 0 aliphatic carbocycles. The van der Waals surface area contributed by atoms with E-state index < -0.39 is 0 Å². The van der Waals surface area contributed by atoms with Crippen molar-refractivity contribution in [3.8, 4) is 0 Å². The molecule has 0 unspecified atom stereocenters. The minimum Gasteiger partial charge on any atom is -0.294 e. The first-order valence-electron chi connectivity index (χ1n) is 4.25. The standard InChI is InChI=1S/C10H14OS/c1-4-5-10(11)9-6-7(2)12-8(9)3/h6H,4-5H2,1-3H3. The van der Waals surface area contributed by atoms with Crippen LogP contribution in [0.1, 0.15) is 39.9 Å². The Hall–Kier alpha value is -0.630. The van der Waals surface area contributed by atoms with Crippen molar-refractivity contribution in [2.24, 2.45) is 0 Å². The molecule has 1 aromatic heterocycles. The van der Waals surface area contributed by atoms with Crippen molar-refractivity contribution in [3.05, 3.63) is 21.4 Å². The summed E-state index contributed by atoms with van der Waals surface area (Å²) < 4.78 is 0. The van der Waals surface area contributed by atoms with Crippen LogP contribution < -0.4 is 0 Å². The maximum Gasteiger partial charge on any atom is 0.163 e. The van der Waals surface area contributed by atoms with Crippen LogP contribution in [0.2, 0.25) is 0 Å². The van der Waals surface area contributed by atoms with E-state index in [-0.39, 0.29) is 0 Å². The minimum absolute atomic E-state index is 0.291. The van der Waals surface area contributed by atoms with E-state index in [2.05, 4.69) is 0 Å². The highest BCUT2D eigenvalue weighted by Crippen LogP contribution is 2.21. The molecule has 1 rings (SSSR count). The summed E-state index contributed by atoms with van der Waals surface area (Å²) >= 11 is 1.70. The zero-order valence-corrected chi connectivity index (χ0v) is 8.62. The topological polar surface area (TPSA) is 17.1 Å². The molecule has 0 amide bonds. The van der Waals surface area contributed by atoms with Gasteiger partial charge >= 0.3 is 0 Å². The molecular weight excluding hydrogens is 168 g/mol. The molecule has 0 aliphatic heterocycles. The van der Waals surface area contributed by atoms with Gasteiger partial charge in [0.05, 0.1) is 0 Å². The van der Waals surface area contributed by atoms with Crippen molar-refractivity contribution in [1.82, 2.24) is 0 Å². The quantitative estimate of drug-likeness (QED) is 0.655. The lowest BCUT2D eigenvalue weighted by atomic mass is 10.1. The molecule has 1 nitrogen and oxygen atoms in total. The number of thiophene rings is 1. The first-order chi connectivity index (χ1) is 5.65. The Morgan fingerprint density at radius 3 is 2.58 bits per heavy atom. The van der Waals surface area contributed by atoms with Gasteiger partial charge in [0.15, 0.2) is 5.78 Å². The van der Waals surface area contributed by atoms with E-state index in [0.29, 0.717) is 12.2 Å². The Labute approximate surface area is 77.4 Å². The van der Waals surface area contributed by atoms with E-state index in [9.17, 15) is 4.79 Å². The molecular formula is C10H14OS. The number of carbonyl (C=O) groups excluding carboxylic acids is 1. The second kappa shape index (κ2) is 3.85. The van der Waals surface area contributed by atoms with Crippen LogP contribution in [0.15, 0.2) is 6.07 Å². The number of hydrogen-bond acceptors (Lipinski definition) is 2. The Morgan fingerprint density at radius 2 is 2.17 bits per heavy atom. The Morgan fingerprint density at radius 1 is 1.50 bits per heavy atom. The van der Waals surface area contributed by atoms with Crippen LogP contribution in [0.5, 0.6) is 0 Å². The van der Waals surface area contributed by atoms with E-state index in [1.54, 1.807) is 11.3 Å². The van der Waals surface area contributed by atoms with Gasteiger partial charge in [-0.3, -0.25) is 4.79 Å². The Bertz CT molecular complexity index is 286. The number of Topliss-reactive ketones (excluding diaryl/α,β-unsaturated/α-hetero) is 1. The lowest BCUT2D eigenvalue weighted by Crippen LogP contribution is -1.97. The van der Waals surface area contributed by atoms with Crippen molar-refractivity contribution in [2.75, 3.05) is 0 Å². The fourth-order valence-corrected chi connectivity index (χ4v) is 2.21. The average molecular weight is 182 g/mol. The summed E-state index contributed by atoms with van der Waals surface area (Å²) in [6.07, 6.45) is 1.62. The molecule has 0 saturated heterocycles. The van der Waals surface area contributed by atoms with Gasteiger partial charge in [-0.1, -0.05) is 6.92 Å². The van der Waals surface area contributed by atoms with E-state index in [1.807, 2.05) is 26.8 Å². The van der Waals surface area contributed by atoms with E-state index in [4.69, 9.17) is 0 Å². The Kier molecular flexibility index (Phi) is 3.04. The van der Waals surface area contributed by atoms with Crippen molar-refractivity contribution in [3.63, 3.8) is 0 Å². The highest BCUT2D eigenvalue weighted by Gasteiger charge is 2.09. The van der Waals surface area contributed by atoms with Crippen LogP contribution in [-0.2, 0) is 0 Å². The van der Waals surface area contributed by atoms with Gasteiger partial charge in [0, 0.05) is 21.7 Å². The summed E-state index contributed by atoms with van der Waals surface area (Å²) in [4.78, 5) is 13.9. The molecule has 0 aliphatic rings. The maximum atomic E-state index is 11.5. The van der Waals surface area contributed by atoms with Crippen LogP contribution in [0.25, 0.3) is 0 Å². The van der Waals surface area contributed by atoms with Gasteiger partial charge in [0.1, 0.15) is 0 Å². The van der Waals surface area contributed by atoms with Gasteiger partial charge in [-0.05, 0) is 26.3 Å². The summed E-state index contributed by atoms with van der Waals surface area (Å²) in [5.41, 5.74) is 0.930. The highest BCUT2D eigenvalue weighted by atomic mass is 32.1. The van der Waals surface area contributed by atoms with Crippen LogP contribution in [0.3, 0.4) is 0 Å². The fourth-order valence-electron chi connectivity index (χ4n) is 1.27. The van der Waals surface area contributed by atoms with Crippen LogP contribution in [0.4, 0.5) is 0 Å². The first kappa shape index (κ1) is 9.46. The van der Waals surface area contributed by atoms with E-state index in [1.165, 1.54) is 4.88 Å². The summed E-state index contributed by atoms with van der Waals surface area (Å²) in [6, 6.07) is 2.00. The lowest BCUT2D eigenvalue weighted by Gasteiger charge is -1.95. The zero-order valence-electron chi connectivity index (χ0n) is 7.81. The predicted molar refractivity (Wildman–Crippen MR) is 53.0 cm³/mol. The number of aryl methyl sites for hydroxylation is 2. The number of rotatable bonds is 3. The maximum absolute atomic E-state index is 11.5. The number of ketones is 1. The molecule has 66 valence electrons. The smallest absolute Gasteiger partial charge is 0.163 e. The first-order valence-corrected chi connectivity index (χ1v) is 5.07. The van der Waals surface area contributed by atoms with E-state index in [0.717, 1.165) is 16.9 Å². The normalized spacial score (nSPS) is 10.2. The average Bonchev–Trinajstić information content (AvgIpc) is 2.30. The molecule has 0 aromatic carbocycles. The highest BCUT2D eigenvalue weighted by molar-refractivity contribution is 7.12. The molecule has 0 atom stereocenters. The molecule has 0 radical (unpaired) electrons. The third-order valence-corrected chi connectivity index (χ3v) is 2.78. The van der Waals surface area contributed by atoms with E-state index >= 15 is 0 Å². The van der Waals surface area contributed by atoms with Gasteiger partial charge in [-0.25, -0.2) is 0 Å². The third kappa shape index (κ3) is 1.95. The minimum atomic E-state index is 0.291. The third-order valence-electron chi connectivity index (χ3n) is 1.82. The SMILES string of the molecule is CCCC(=O)c1cc(C)sc1C. The van der Waals surface area contributed by atoms with Gasteiger partial charge in [0.25, 0.3) is 0 Å². The molecule has 0 N–H and O–H groups in total. The summed E-state index contributed by atoms with van der Waals surface area (Å²) in [5.74, 6) is 0.291. The summed E-state index contributed by atoms with van der Waals surface area (Å²) in [5, 5.41) is 0. The molecule has 1 aromatic rings. The second-order valence-electron chi connectivity index (χ2n) is 3.00. The van der Waals surface area contributed by atoms with Crippen LogP contribution >= 0.6 is 11.3 Å². The molecule has 0 bridgehead atoms. The van der Waals surface area contributed by atoms with Crippen LogP contribution in [0, 0.1) is 13.8 Å². The number of hydrogen-bond donors (Lipinski definition) is 0. The monoisotopic (exact) mass is 182 g/mol.